The van der Waals surface area contributed by atoms with Crippen LogP contribution in [0.2, 0.25) is 0 Å². The first-order chi connectivity index (χ1) is 14.4. The summed E-state index contributed by atoms with van der Waals surface area (Å²) < 4.78 is 32.3. The maximum absolute atomic E-state index is 12.6. The molecule has 2 aromatic rings. The van der Waals surface area contributed by atoms with E-state index in [0.717, 1.165) is 41.8 Å². The average molecular weight is 431 g/mol. The van der Waals surface area contributed by atoms with E-state index in [-0.39, 0.29) is 5.91 Å². The number of amides is 1. The van der Waals surface area contributed by atoms with Crippen molar-refractivity contribution in [1.82, 2.24) is 4.31 Å². The molecule has 1 amide bonds. The zero-order valence-corrected chi connectivity index (χ0v) is 18.5. The fourth-order valence-corrected chi connectivity index (χ4v) is 4.98. The van der Waals surface area contributed by atoms with Crippen LogP contribution in [0.3, 0.4) is 0 Å². The van der Waals surface area contributed by atoms with Crippen molar-refractivity contribution in [2.24, 2.45) is 0 Å². The van der Waals surface area contributed by atoms with Gasteiger partial charge in [0.25, 0.3) is 0 Å². The van der Waals surface area contributed by atoms with Gasteiger partial charge in [0.05, 0.1) is 11.5 Å². The van der Waals surface area contributed by atoms with E-state index in [1.165, 1.54) is 4.31 Å². The molecule has 0 radical (unpaired) electrons. The van der Waals surface area contributed by atoms with Gasteiger partial charge in [-0.05, 0) is 74.1 Å². The minimum absolute atomic E-state index is 0.0749. The summed E-state index contributed by atoms with van der Waals surface area (Å²) in [5.41, 5.74) is 2.66. The van der Waals surface area contributed by atoms with Gasteiger partial charge in [-0.1, -0.05) is 19.1 Å². The molecule has 0 spiro atoms. The molecule has 1 fully saturated rings. The molecule has 0 saturated carbocycles. The quantitative estimate of drug-likeness (QED) is 0.649. The van der Waals surface area contributed by atoms with Crippen molar-refractivity contribution in [2.75, 3.05) is 25.0 Å². The SMILES string of the molecule is CCCOc1ccc(NC(=O)CCc2ccc(S(=O)(=O)N3CCCC3)cc2)c(C)c1. The second-order valence-corrected chi connectivity index (χ2v) is 9.57. The van der Waals surface area contributed by atoms with Crippen molar-refractivity contribution < 1.29 is 17.9 Å². The van der Waals surface area contributed by atoms with Crippen LogP contribution in [0, 0.1) is 6.92 Å². The highest BCUT2D eigenvalue weighted by Gasteiger charge is 2.26. The number of carbonyl (C=O) groups excluding carboxylic acids is 1. The molecule has 1 aliphatic rings. The van der Waals surface area contributed by atoms with E-state index in [4.69, 9.17) is 4.74 Å². The molecule has 0 aromatic heterocycles. The Morgan fingerprint density at radius 3 is 2.43 bits per heavy atom. The molecule has 1 saturated heterocycles. The summed E-state index contributed by atoms with van der Waals surface area (Å²) in [5.74, 6) is 0.727. The number of rotatable bonds is 9. The topological polar surface area (TPSA) is 75.7 Å². The van der Waals surface area contributed by atoms with Crippen LogP contribution in [-0.4, -0.2) is 38.3 Å². The van der Waals surface area contributed by atoms with Crippen molar-refractivity contribution in [1.29, 1.82) is 0 Å². The number of aryl methyl sites for hydroxylation is 2. The summed E-state index contributed by atoms with van der Waals surface area (Å²) >= 11 is 0. The molecular formula is C23H30N2O4S. The Hall–Kier alpha value is -2.38. The van der Waals surface area contributed by atoms with Crippen LogP contribution >= 0.6 is 0 Å². The van der Waals surface area contributed by atoms with E-state index in [0.29, 0.717) is 37.4 Å². The molecule has 2 aromatic carbocycles. The maximum Gasteiger partial charge on any atom is 0.243 e. The van der Waals surface area contributed by atoms with Crippen molar-refractivity contribution in [2.45, 2.75) is 50.8 Å². The lowest BCUT2D eigenvalue weighted by Crippen LogP contribution is -2.27. The van der Waals surface area contributed by atoms with Crippen LogP contribution in [0.5, 0.6) is 5.75 Å². The monoisotopic (exact) mass is 430 g/mol. The van der Waals surface area contributed by atoms with Gasteiger partial charge in [-0.15, -0.1) is 0 Å². The number of hydrogen-bond donors (Lipinski definition) is 1. The fraction of sp³-hybridized carbons (Fsp3) is 0.435. The van der Waals surface area contributed by atoms with Crippen molar-refractivity contribution >= 4 is 21.6 Å². The predicted octanol–water partition coefficient (Wildman–Crippen LogP) is 4.14. The fourth-order valence-electron chi connectivity index (χ4n) is 3.46. The van der Waals surface area contributed by atoms with Gasteiger partial charge in [0.15, 0.2) is 0 Å². The van der Waals surface area contributed by atoms with Gasteiger partial charge in [0.1, 0.15) is 5.75 Å². The highest BCUT2D eigenvalue weighted by Crippen LogP contribution is 2.23. The number of hydrogen-bond acceptors (Lipinski definition) is 4. The van der Waals surface area contributed by atoms with Crippen LogP contribution in [0.15, 0.2) is 47.4 Å². The number of sulfonamides is 1. The number of anilines is 1. The van der Waals surface area contributed by atoms with Gasteiger partial charge in [0.2, 0.25) is 15.9 Å². The smallest absolute Gasteiger partial charge is 0.243 e. The molecule has 0 bridgehead atoms. The molecule has 0 unspecified atom stereocenters. The highest BCUT2D eigenvalue weighted by atomic mass is 32.2. The first kappa shape index (κ1) is 22.3. The molecule has 162 valence electrons. The van der Waals surface area contributed by atoms with Gasteiger partial charge in [-0.2, -0.15) is 4.31 Å². The Balaban J connectivity index is 1.53. The molecule has 0 atom stereocenters. The summed E-state index contributed by atoms with van der Waals surface area (Å²) in [6, 6.07) is 12.5. The third-order valence-corrected chi connectivity index (χ3v) is 7.12. The van der Waals surface area contributed by atoms with E-state index in [2.05, 4.69) is 12.2 Å². The van der Waals surface area contributed by atoms with E-state index in [1.807, 2.05) is 25.1 Å². The molecule has 7 heteroatoms. The van der Waals surface area contributed by atoms with Crippen LogP contribution in [-0.2, 0) is 21.2 Å². The van der Waals surface area contributed by atoms with Crippen molar-refractivity contribution in [3.8, 4) is 5.75 Å². The third-order valence-electron chi connectivity index (χ3n) is 5.21. The lowest BCUT2D eigenvalue weighted by Gasteiger charge is -2.15. The summed E-state index contributed by atoms with van der Waals surface area (Å²) in [6.45, 7) is 5.85. The predicted molar refractivity (Wildman–Crippen MR) is 118 cm³/mol. The van der Waals surface area contributed by atoms with E-state index in [9.17, 15) is 13.2 Å². The Bertz CT molecular complexity index is 965. The maximum atomic E-state index is 12.6. The van der Waals surface area contributed by atoms with E-state index >= 15 is 0 Å². The summed E-state index contributed by atoms with van der Waals surface area (Å²) in [4.78, 5) is 12.7. The first-order valence-corrected chi connectivity index (χ1v) is 12.0. The second-order valence-electron chi connectivity index (χ2n) is 7.63. The molecule has 1 aliphatic heterocycles. The van der Waals surface area contributed by atoms with Crippen LogP contribution in [0.1, 0.15) is 43.7 Å². The second kappa shape index (κ2) is 10.1. The van der Waals surface area contributed by atoms with Gasteiger partial charge < -0.3 is 10.1 Å². The zero-order chi connectivity index (χ0) is 21.6. The minimum atomic E-state index is -3.40. The molecule has 6 nitrogen and oxygen atoms in total. The number of carbonyl (C=O) groups is 1. The third kappa shape index (κ3) is 5.61. The molecular weight excluding hydrogens is 400 g/mol. The summed E-state index contributed by atoms with van der Waals surface area (Å²) in [7, 11) is -3.40. The summed E-state index contributed by atoms with van der Waals surface area (Å²) in [5, 5.41) is 2.94. The number of nitrogens with zero attached hydrogens (tertiary/aromatic N) is 1. The van der Waals surface area contributed by atoms with Crippen molar-refractivity contribution in [3.05, 3.63) is 53.6 Å². The molecule has 3 rings (SSSR count). The Morgan fingerprint density at radius 1 is 1.10 bits per heavy atom. The zero-order valence-electron chi connectivity index (χ0n) is 17.7. The standard InChI is InChI=1S/C23H30N2O4S/c1-3-16-29-20-9-12-22(18(2)17-20)24-23(26)13-8-19-6-10-21(11-7-19)30(27,28)25-14-4-5-15-25/h6-7,9-12,17H,3-5,8,13-16H2,1-2H3,(H,24,26). The molecule has 30 heavy (non-hydrogen) atoms. The van der Waals surface area contributed by atoms with E-state index < -0.39 is 10.0 Å². The van der Waals surface area contributed by atoms with Crippen molar-refractivity contribution in [3.63, 3.8) is 0 Å². The minimum Gasteiger partial charge on any atom is -0.494 e. The van der Waals surface area contributed by atoms with E-state index in [1.54, 1.807) is 24.3 Å². The summed E-state index contributed by atoms with van der Waals surface area (Å²) in [6.07, 6.45) is 3.65. The molecule has 0 aliphatic carbocycles. The lowest BCUT2D eigenvalue weighted by atomic mass is 10.1. The lowest BCUT2D eigenvalue weighted by molar-refractivity contribution is -0.116. The highest BCUT2D eigenvalue weighted by molar-refractivity contribution is 7.89. The first-order valence-electron chi connectivity index (χ1n) is 10.5. The van der Waals surface area contributed by atoms with Gasteiger partial charge in [-0.25, -0.2) is 8.42 Å². The molecule has 1 heterocycles. The Kier molecular flexibility index (Phi) is 7.50. The number of nitrogens with one attached hydrogen (secondary N) is 1. The number of benzene rings is 2. The van der Waals surface area contributed by atoms with Crippen LogP contribution in [0.25, 0.3) is 0 Å². The van der Waals surface area contributed by atoms with Gasteiger partial charge >= 0.3 is 0 Å². The van der Waals surface area contributed by atoms with Gasteiger partial charge in [0, 0.05) is 25.2 Å². The van der Waals surface area contributed by atoms with Crippen LogP contribution in [0.4, 0.5) is 5.69 Å². The normalized spacial score (nSPS) is 14.6. The largest absolute Gasteiger partial charge is 0.494 e. The van der Waals surface area contributed by atoms with Crippen LogP contribution < -0.4 is 10.1 Å². The number of ether oxygens (including phenoxy) is 1. The molecule has 1 N–H and O–H groups in total. The van der Waals surface area contributed by atoms with Gasteiger partial charge in [-0.3, -0.25) is 4.79 Å². The Labute approximate surface area is 179 Å². The Morgan fingerprint density at radius 2 is 1.80 bits per heavy atom. The average Bonchev–Trinajstić information content (AvgIpc) is 3.29.